The van der Waals surface area contributed by atoms with Crippen LogP contribution >= 0.6 is 0 Å². The first-order valence-electron chi connectivity index (χ1n) is 6.01. The van der Waals surface area contributed by atoms with Gasteiger partial charge in [0.2, 0.25) is 0 Å². The second kappa shape index (κ2) is 12.9. The Morgan fingerprint density at radius 2 is 1.14 bits per heavy atom. The number of methoxy groups -OCH3 is 1. The SMILES string of the molecule is COCCCCCCCCCCCO. The van der Waals surface area contributed by atoms with Crippen molar-refractivity contribution in [3.05, 3.63) is 0 Å². The highest BCUT2D eigenvalue weighted by Crippen LogP contribution is 2.09. The zero-order valence-electron chi connectivity index (χ0n) is 9.63. The van der Waals surface area contributed by atoms with Crippen molar-refractivity contribution >= 4 is 0 Å². The molecule has 2 nitrogen and oxygen atoms in total. The zero-order valence-corrected chi connectivity index (χ0v) is 9.63. The third kappa shape index (κ3) is 11.9. The highest BCUT2D eigenvalue weighted by molar-refractivity contribution is 4.46. The molecular weight excluding hydrogens is 176 g/mol. The van der Waals surface area contributed by atoms with Crippen molar-refractivity contribution in [1.29, 1.82) is 0 Å². The van der Waals surface area contributed by atoms with E-state index in [2.05, 4.69) is 0 Å². The largest absolute Gasteiger partial charge is 0.396 e. The second-order valence-corrected chi connectivity index (χ2v) is 3.90. The van der Waals surface area contributed by atoms with Crippen molar-refractivity contribution in [1.82, 2.24) is 0 Å². The fourth-order valence-electron chi connectivity index (χ4n) is 1.60. The van der Waals surface area contributed by atoms with Gasteiger partial charge >= 0.3 is 0 Å². The molecule has 0 atom stereocenters. The minimum absolute atomic E-state index is 0.358. The second-order valence-electron chi connectivity index (χ2n) is 3.90. The van der Waals surface area contributed by atoms with Crippen LogP contribution < -0.4 is 0 Å². The predicted octanol–water partition coefficient (Wildman–Crippen LogP) is 3.14. The first-order chi connectivity index (χ1) is 6.91. The van der Waals surface area contributed by atoms with E-state index in [9.17, 15) is 0 Å². The number of aliphatic hydroxyl groups is 1. The highest BCUT2D eigenvalue weighted by atomic mass is 16.5. The Kier molecular flexibility index (Phi) is 12.8. The van der Waals surface area contributed by atoms with Crippen molar-refractivity contribution in [2.45, 2.75) is 57.8 Å². The molecule has 0 aromatic rings. The van der Waals surface area contributed by atoms with Crippen LogP contribution in [0.1, 0.15) is 57.8 Å². The van der Waals surface area contributed by atoms with Crippen molar-refractivity contribution < 1.29 is 9.84 Å². The lowest BCUT2D eigenvalue weighted by Crippen LogP contribution is -1.88. The summed E-state index contributed by atoms with van der Waals surface area (Å²) in [5.74, 6) is 0. The molecule has 0 spiro atoms. The Labute approximate surface area is 88.7 Å². The van der Waals surface area contributed by atoms with E-state index in [0.29, 0.717) is 6.61 Å². The van der Waals surface area contributed by atoms with Crippen LogP contribution in [0, 0.1) is 0 Å². The van der Waals surface area contributed by atoms with Gasteiger partial charge in [0.05, 0.1) is 0 Å². The summed E-state index contributed by atoms with van der Waals surface area (Å²) < 4.78 is 4.99. The van der Waals surface area contributed by atoms with Crippen molar-refractivity contribution in [3.8, 4) is 0 Å². The lowest BCUT2D eigenvalue weighted by molar-refractivity contribution is 0.192. The Bertz CT molecular complexity index is 82.3. The monoisotopic (exact) mass is 202 g/mol. The molecule has 0 saturated heterocycles. The molecule has 0 rings (SSSR count). The van der Waals surface area contributed by atoms with Gasteiger partial charge in [-0.15, -0.1) is 0 Å². The fourth-order valence-corrected chi connectivity index (χ4v) is 1.60. The van der Waals surface area contributed by atoms with E-state index in [4.69, 9.17) is 9.84 Å². The summed E-state index contributed by atoms with van der Waals surface area (Å²) in [6, 6.07) is 0. The zero-order chi connectivity index (χ0) is 10.5. The van der Waals surface area contributed by atoms with E-state index in [0.717, 1.165) is 13.0 Å². The predicted molar refractivity (Wildman–Crippen MR) is 60.5 cm³/mol. The van der Waals surface area contributed by atoms with Gasteiger partial charge in [0.25, 0.3) is 0 Å². The smallest absolute Gasteiger partial charge is 0.0462 e. The molecule has 0 radical (unpaired) electrons. The molecule has 0 heterocycles. The van der Waals surface area contributed by atoms with Crippen LogP contribution in [-0.2, 0) is 4.74 Å². The maximum Gasteiger partial charge on any atom is 0.0462 e. The number of ether oxygens (including phenoxy) is 1. The molecule has 0 aliphatic carbocycles. The van der Waals surface area contributed by atoms with Gasteiger partial charge < -0.3 is 9.84 Å². The van der Waals surface area contributed by atoms with Gasteiger partial charge in [0, 0.05) is 20.3 Å². The Morgan fingerprint density at radius 1 is 0.714 bits per heavy atom. The Hall–Kier alpha value is -0.0800. The summed E-state index contributed by atoms with van der Waals surface area (Å²) in [5, 5.41) is 8.58. The van der Waals surface area contributed by atoms with Gasteiger partial charge in [-0.3, -0.25) is 0 Å². The first kappa shape index (κ1) is 13.9. The normalized spacial score (nSPS) is 10.7. The topological polar surface area (TPSA) is 29.5 Å². The van der Waals surface area contributed by atoms with Crippen LogP contribution in [0.25, 0.3) is 0 Å². The summed E-state index contributed by atoms with van der Waals surface area (Å²) >= 11 is 0. The van der Waals surface area contributed by atoms with E-state index in [1.165, 1.54) is 51.4 Å². The molecule has 0 fully saturated rings. The molecule has 1 N–H and O–H groups in total. The number of hydrogen-bond donors (Lipinski definition) is 1. The summed E-state index contributed by atoms with van der Waals surface area (Å²) in [6.45, 7) is 1.27. The summed E-state index contributed by atoms with van der Waals surface area (Å²) in [6.07, 6.45) is 11.4. The van der Waals surface area contributed by atoms with Gasteiger partial charge in [-0.1, -0.05) is 44.9 Å². The standard InChI is InChI=1S/C12H26O2/c1-14-12-10-8-6-4-2-3-5-7-9-11-13/h13H,2-12H2,1H3. The number of unbranched alkanes of at least 4 members (excludes halogenated alkanes) is 8. The molecule has 0 amide bonds. The minimum Gasteiger partial charge on any atom is -0.396 e. The minimum atomic E-state index is 0.358. The molecule has 0 bridgehead atoms. The van der Waals surface area contributed by atoms with Crippen molar-refractivity contribution in [2.75, 3.05) is 20.3 Å². The van der Waals surface area contributed by atoms with Gasteiger partial charge in [-0.25, -0.2) is 0 Å². The molecule has 0 aliphatic heterocycles. The highest BCUT2D eigenvalue weighted by Gasteiger charge is 1.91. The Balaban J connectivity index is 2.78. The molecule has 0 aliphatic rings. The van der Waals surface area contributed by atoms with E-state index >= 15 is 0 Å². The summed E-state index contributed by atoms with van der Waals surface area (Å²) in [7, 11) is 1.77. The molecule has 14 heavy (non-hydrogen) atoms. The molecule has 0 saturated carbocycles. The Morgan fingerprint density at radius 3 is 1.57 bits per heavy atom. The van der Waals surface area contributed by atoms with E-state index in [1.54, 1.807) is 7.11 Å². The lowest BCUT2D eigenvalue weighted by atomic mass is 10.1. The molecule has 0 aromatic carbocycles. The molecule has 0 unspecified atom stereocenters. The average molecular weight is 202 g/mol. The number of rotatable bonds is 11. The molecule has 0 aromatic heterocycles. The van der Waals surface area contributed by atoms with Gasteiger partial charge in [-0.2, -0.15) is 0 Å². The van der Waals surface area contributed by atoms with Crippen molar-refractivity contribution in [3.63, 3.8) is 0 Å². The molecular formula is C12H26O2. The van der Waals surface area contributed by atoms with E-state index in [1.807, 2.05) is 0 Å². The fraction of sp³-hybridized carbons (Fsp3) is 1.00. The maximum absolute atomic E-state index is 8.58. The van der Waals surface area contributed by atoms with Crippen LogP contribution in [0.5, 0.6) is 0 Å². The van der Waals surface area contributed by atoms with Gasteiger partial charge in [0.1, 0.15) is 0 Å². The number of hydrogen-bond acceptors (Lipinski definition) is 2. The molecule has 2 heteroatoms. The lowest BCUT2D eigenvalue weighted by Gasteiger charge is -2.01. The van der Waals surface area contributed by atoms with Gasteiger partial charge in [0.15, 0.2) is 0 Å². The molecule has 86 valence electrons. The maximum atomic E-state index is 8.58. The quantitative estimate of drug-likeness (QED) is 0.522. The average Bonchev–Trinajstić information content (AvgIpc) is 2.21. The van der Waals surface area contributed by atoms with Crippen LogP contribution in [0.15, 0.2) is 0 Å². The van der Waals surface area contributed by atoms with Crippen LogP contribution in [0.3, 0.4) is 0 Å². The van der Waals surface area contributed by atoms with Crippen LogP contribution in [-0.4, -0.2) is 25.4 Å². The summed E-state index contributed by atoms with van der Waals surface area (Å²) in [4.78, 5) is 0. The third-order valence-electron chi connectivity index (χ3n) is 2.51. The summed E-state index contributed by atoms with van der Waals surface area (Å²) in [5.41, 5.74) is 0. The first-order valence-corrected chi connectivity index (χ1v) is 6.01. The van der Waals surface area contributed by atoms with E-state index in [-0.39, 0.29) is 0 Å². The number of aliphatic hydroxyl groups excluding tert-OH is 1. The third-order valence-corrected chi connectivity index (χ3v) is 2.51. The van der Waals surface area contributed by atoms with Crippen LogP contribution in [0.4, 0.5) is 0 Å². The van der Waals surface area contributed by atoms with Crippen LogP contribution in [0.2, 0.25) is 0 Å². The van der Waals surface area contributed by atoms with Crippen molar-refractivity contribution in [2.24, 2.45) is 0 Å². The van der Waals surface area contributed by atoms with Gasteiger partial charge in [-0.05, 0) is 12.8 Å². The van der Waals surface area contributed by atoms with E-state index < -0.39 is 0 Å².